The number of alkyl halides is 2. The van der Waals surface area contributed by atoms with Crippen molar-refractivity contribution in [3.63, 3.8) is 0 Å². The minimum Gasteiger partial charge on any atom is -0.293 e. The van der Waals surface area contributed by atoms with Crippen LogP contribution in [-0.2, 0) is 4.79 Å². The molecule has 0 spiro atoms. The van der Waals surface area contributed by atoms with Gasteiger partial charge >= 0.3 is 5.92 Å². The maximum atomic E-state index is 13.0. The number of carbonyl (C=O) groups excluding carboxylic acids is 1. The van der Waals surface area contributed by atoms with E-state index in [-0.39, 0.29) is 12.3 Å². The van der Waals surface area contributed by atoms with Crippen molar-refractivity contribution in [3.05, 3.63) is 0 Å². The fraction of sp³-hybridized carbons (Fsp3) is 0.889. The van der Waals surface area contributed by atoms with Gasteiger partial charge in [0.15, 0.2) is 5.78 Å². The second kappa shape index (κ2) is 4.40. The molecule has 1 aliphatic heterocycles. The minimum atomic E-state index is -3.09. The number of ketones is 1. The smallest absolute Gasteiger partial charge is 0.293 e. The summed E-state index contributed by atoms with van der Waals surface area (Å²) in [6, 6.07) is 0. The third-order valence-electron chi connectivity index (χ3n) is 2.31. The molecule has 1 atom stereocenters. The molecular formula is C9H14F2OS. The molecule has 1 unspecified atom stereocenters. The molecule has 0 saturated carbocycles. The number of hydrogen-bond donors (Lipinski definition) is 0. The van der Waals surface area contributed by atoms with Gasteiger partial charge in [0.25, 0.3) is 0 Å². The highest BCUT2D eigenvalue weighted by Crippen LogP contribution is 2.32. The SMILES string of the molecule is CC(=O)C(F)(F)CC1CCCSC1. The van der Waals surface area contributed by atoms with Gasteiger partial charge in [-0.1, -0.05) is 0 Å². The molecule has 0 amide bonds. The van der Waals surface area contributed by atoms with Crippen molar-refractivity contribution in [2.24, 2.45) is 5.92 Å². The monoisotopic (exact) mass is 208 g/mol. The number of hydrogen-bond acceptors (Lipinski definition) is 2. The molecule has 76 valence electrons. The van der Waals surface area contributed by atoms with Crippen LogP contribution in [0.25, 0.3) is 0 Å². The van der Waals surface area contributed by atoms with E-state index in [0.29, 0.717) is 0 Å². The van der Waals surface area contributed by atoms with Crippen LogP contribution in [0.4, 0.5) is 8.78 Å². The normalized spacial score (nSPS) is 24.4. The third kappa shape index (κ3) is 3.25. The lowest BCUT2D eigenvalue weighted by molar-refractivity contribution is -0.142. The number of Topliss-reactive ketones (excluding diaryl/α,β-unsaturated/α-hetero) is 1. The summed E-state index contributed by atoms with van der Waals surface area (Å²) in [6.07, 6.45) is 1.59. The second-order valence-corrected chi connectivity index (χ2v) is 4.70. The average Bonchev–Trinajstić information content (AvgIpc) is 2.05. The molecule has 1 saturated heterocycles. The van der Waals surface area contributed by atoms with Crippen molar-refractivity contribution in [1.82, 2.24) is 0 Å². The molecule has 1 heterocycles. The number of thioether (sulfide) groups is 1. The van der Waals surface area contributed by atoms with Gasteiger partial charge in [-0.05, 0) is 30.3 Å². The highest BCUT2D eigenvalue weighted by molar-refractivity contribution is 7.99. The fourth-order valence-corrected chi connectivity index (χ4v) is 2.63. The molecule has 1 rings (SSSR count). The van der Waals surface area contributed by atoms with E-state index in [4.69, 9.17) is 0 Å². The minimum absolute atomic E-state index is 0.0256. The Morgan fingerprint density at radius 2 is 2.31 bits per heavy atom. The predicted octanol–water partition coefficient (Wildman–Crippen LogP) is 2.74. The van der Waals surface area contributed by atoms with E-state index in [1.807, 2.05) is 0 Å². The Balaban J connectivity index is 2.41. The van der Waals surface area contributed by atoms with Crippen LogP contribution in [0.5, 0.6) is 0 Å². The summed E-state index contributed by atoms with van der Waals surface area (Å²) in [4.78, 5) is 10.6. The van der Waals surface area contributed by atoms with Crippen molar-refractivity contribution in [3.8, 4) is 0 Å². The standard InChI is InChI=1S/C9H14F2OS/c1-7(12)9(10,11)5-8-3-2-4-13-6-8/h8H,2-6H2,1H3. The summed E-state index contributed by atoms with van der Waals surface area (Å²) in [5.41, 5.74) is 0. The number of halogens is 2. The van der Waals surface area contributed by atoms with Crippen LogP contribution in [0.15, 0.2) is 0 Å². The van der Waals surface area contributed by atoms with E-state index >= 15 is 0 Å². The topological polar surface area (TPSA) is 17.1 Å². The van der Waals surface area contributed by atoms with Gasteiger partial charge in [-0.15, -0.1) is 0 Å². The molecule has 0 aromatic rings. The lowest BCUT2D eigenvalue weighted by atomic mass is 9.96. The summed E-state index contributed by atoms with van der Waals surface area (Å²) in [6.45, 7) is 0.968. The quantitative estimate of drug-likeness (QED) is 0.709. The molecule has 1 aliphatic rings. The third-order valence-corrected chi connectivity index (χ3v) is 3.60. The summed E-state index contributed by atoms with van der Waals surface area (Å²) >= 11 is 1.71. The van der Waals surface area contributed by atoms with Crippen molar-refractivity contribution >= 4 is 17.5 Å². The van der Waals surface area contributed by atoms with E-state index < -0.39 is 11.7 Å². The predicted molar refractivity (Wildman–Crippen MR) is 50.3 cm³/mol. The molecule has 0 N–H and O–H groups in total. The zero-order valence-corrected chi connectivity index (χ0v) is 8.50. The van der Waals surface area contributed by atoms with E-state index in [9.17, 15) is 13.6 Å². The molecule has 0 radical (unpaired) electrons. The van der Waals surface area contributed by atoms with Crippen LogP contribution in [-0.4, -0.2) is 23.2 Å². The Morgan fingerprint density at radius 3 is 2.77 bits per heavy atom. The molecule has 0 bridgehead atoms. The summed E-state index contributed by atoms with van der Waals surface area (Å²) in [7, 11) is 0. The lowest BCUT2D eigenvalue weighted by Crippen LogP contribution is -2.30. The number of carbonyl (C=O) groups is 1. The summed E-state index contributed by atoms with van der Waals surface area (Å²) in [5.74, 6) is -2.21. The van der Waals surface area contributed by atoms with Crippen molar-refractivity contribution in [2.45, 2.75) is 32.1 Å². The van der Waals surface area contributed by atoms with Crippen LogP contribution < -0.4 is 0 Å². The molecule has 0 aliphatic carbocycles. The average molecular weight is 208 g/mol. The van der Waals surface area contributed by atoms with E-state index in [1.54, 1.807) is 11.8 Å². The van der Waals surface area contributed by atoms with Crippen molar-refractivity contribution < 1.29 is 13.6 Å². The van der Waals surface area contributed by atoms with Gasteiger partial charge in [0.05, 0.1) is 0 Å². The van der Waals surface area contributed by atoms with Crippen LogP contribution in [0, 0.1) is 5.92 Å². The fourth-order valence-electron chi connectivity index (χ4n) is 1.47. The van der Waals surface area contributed by atoms with Gasteiger partial charge in [0.1, 0.15) is 0 Å². The second-order valence-electron chi connectivity index (χ2n) is 3.55. The summed E-state index contributed by atoms with van der Waals surface area (Å²) in [5, 5.41) is 0. The molecule has 4 heteroatoms. The van der Waals surface area contributed by atoms with Gasteiger partial charge in [-0.3, -0.25) is 4.79 Å². The summed E-state index contributed by atoms with van der Waals surface area (Å²) < 4.78 is 25.9. The van der Waals surface area contributed by atoms with Gasteiger partial charge in [0.2, 0.25) is 0 Å². The Kier molecular flexibility index (Phi) is 3.71. The van der Waals surface area contributed by atoms with E-state index in [0.717, 1.165) is 31.3 Å². The highest BCUT2D eigenvalue weighted by Gasteiger charge is 2.37. The molecule has 13 heavy (non-hydrogen) atoms. The first kappa shape index (κ1) is 11.0. The maximum absolute atomic E-state index is 13.0. The van der Waals surface area contributed by atoms with Gasteiger partial charge < -0.3 is 0 Å². The zero-order chi connectivity index (χ0) is 9.90. The van der Waals surface area contributed by atoms with Crippen molar-refractivity contribution in [1.29, 1.82) is 0 Å². The molecule has 1 fully saturated rings. The first-order valence-corrected chi connectivity index (χ1v) is 5.64. The molecule has 0 aromatic carbocycles. The highest BCUT2D eigenvalue weighted by atomic mass is 32.2. The first-order valence-electron chi connectivity index (χ1n) is 4.49. The molecule has 1 nitrogen and oxygen atoms in total. The molecular weight excluding hydrogens is 194 g/mol. The van der Waals surface area contributed by atoms with Crippen molar-refractivity contribution in [2.75, 3.05) is 11.5 Å². The Bertz CT molecular complexity index is 188. The number of rotatable bonds is 3. The van der Waals surface area contributed by atoms with Crippen LogP contribution in [0.2, 0.25) is 0 Å². The van der Waals surface area contributed by atoms with Crippen LogP contribution >= 0.6 is 11.8 Å². The molecule has 0 aromatic heterocycles. The first-order chi connectivity index (χ1) is 6.02. The maximum Gasteiger partial charge on any atom is 0.305 e. The Labute approximate surface area is 81.3 Å². The van der Waals surface area contributed by atoms with E-state index in [2.05, 4.69) is 0 Å². The van der Waals surface area contributed by atoms with E-state index in [1.165, 1.54) is 0 Å². The van der Waals surface area contributed by atoms with Gasteiger partial charge in [0, 0.05) is 13.3 Å². The Morgan fingerprint density at radius 1 is 1.62 bits per heavy atom. The largest absolute Gasteiger partial charge is 0.305 e. The van der Waals surface area contributed by atoms with Crippen LogP contribution in [0.3, 0.4) is 0 Å². The van der Waals surface area contributed by atoms with Gasteiger partial charge in [-0.25, -0.2) is 0 Å². The Hall–Kier alpha value is -0.120. The lowest BCUT2D eigenvalue weighted by Gasteiger charge is -2.24. The zero-order valence-electron chi connectivity index (χ0n) is 7.69. The van der Waals surface area contributed by atoms with Crippen LogP contribution in [0.1, 0.15) is 26.2 Å². The van der Waals surface area contributed by atoms with Gasteiger partial charge in [-0.2, -0.15) is 20.5 Å².